The summed E-state index contributed by atoms with van der Waals surface area (Å²) in [6.45, 7) is 0. The first-order valence-corrected chi connectivity index (χ1v) is 9.21. The molecule has 0 atom stereocenters. The molecule has 0 saturated carbocycles. The Kier molecular flexibility index (Phi) is 4.03. The van der Waals surface area contributed by atoms with E-state index in [1.54, 1.807) is 41.9 Å². The van der Waals surface area contributed by atoms with E-state index in [4.69, 9.17) is 23.2 Å². The first-order chi connectivity index (χ1) is 10.4. The van der Waals surface area contributed by atoms with Gasteiger partial charge in [0.2, 0.25) is 4.80 Å². The molecule has 1 aromatic heterocycles. The fourth-order valence-corrected chi connectivity index (χ4v) is 4.78. The van der Waals surface area contributed by atoms with Crippen LogP contribution < -0.4 is 4.80 Å². The third-order valence-electron chi connectivity index (χ3n) is 3.09. The van der Waals surface area contributed by atoms with Crippen molar-refractivity contribution in [1.82, 2.24) is 4.57 Å². The van der Waals surface area contributed by atoms with Crippen molar-refractivity contribution in [2.75, 3.05) is 0 Å². The van der Waals surface area contributed by atoms with Crippen LogP contribution in [0, 0.1) is 0 Å². The molecule has 3 rings (SSSR count). The molecule has 0 radical (unpaired) electrons. The van der Waals surface area contributed by atoms with E-state index in [1.165, 1.54) is 23.5 Å². The number of aromatic nitrogens is 1. The molecule has 0 fully saturated rings. The second kappa shape index (κ2) is 5.70. The lowest BCUT2D eigenvalue weighted by Gasteiger charge is -2.00. The predicted octanol–water partition coefficient (Wildman–Crippen LogP) is 3.84. The molecule has 0 aliphatic carbocycles. The molecule has 0 bridgehead atoms. The minimum absolute atomic E-state index is 0.150. The predicted molar refractivity (Wildman–Crippen MR) is 90.0 cm³/mol. The number of rotatable bonds is 2. The van der Waals surface area contributed by atoms with Crippen LogP contribution in [0.15, 0.2) is 51.8 Å². The highest BCUT2D eigenvalue weighted by Gasteiger charge is 2.15. The van der Waals surface area contributed by atoms with Crippen LogP contribution in [-0.4, -0.2) is 13.0 Å². The highest BCUT2D eigenvalue weighted by molar-refractivity contribution is 7.90. The molecule has 0 aliphatic heterocycles. The van der Waals surface area contributed by atoms with Crippen LogP contribution in [0.2, 0.25) is 10.0 Å². The quantitative estimate of drug-likeness (QED) is 0.686. The number of hydrogen-bond acceptors (Lipinski definition) is 3. The zero-order chi connectivity index (χ0) is 15.9. The molecule has 4 nitrogen and oxygen atoms in total. The highest BCUT2D eigenvalue weighted by Crippen LogP contribution is 2.31. The van der Waals surface area contributed by atoms with Gasteiger partial charge in [0.1, 0.15) is 0 Å². The molecule has 0 saturated heterocycles. The van der Waals surface area contributed by atoms with Gasteiger partial charge in [-0.15, -0.1) is 4.40 Å². The van der Waals surface area contributed by atoms with Crippen molar-refractivity contribution in [3.8, 4) is 0 Å². The minimum atomic E-state index is -3.77. The Balaban J connectivity index is 2.27. The second-order valence-corrected chi connectivity index (χ2v) is 7.93. The van der Waals surface area contributed by atoms with E-state index in [1.807, 2.05) is 0 Å². The number of hydrogen-bond donors (Lipinski definition) is 0. The fraction of sp³-hybridized carbons (Fsp3) is 0.0714. The number of thiazole rings is 1. The number of benzene rings is 2. The van der Waals surface area contributed by atoms with E-state index in [0.717, 1.165) is 4.70 Å². The van der Waals surface area contributed by atoms with E-state index in [-0.39, 0.29) is 4.90 Å². The van der Waals surface area contributed by atoms with Crippen molar-refractivity contribution in [3.63, 3.8) is 0 Å². The van der Waals surface area contributed by atoms with Crippen LogP contribution in [0.1, 0.15) is 0 Å². The van der Waals surface area contributed by atoms with Gasteiger partial charge < -0.3 is 4.57 Å². The summed E-state index contributed by atoms with van der Waals surface area (Å²) in [7, 11) is -2.06. The molecule has 3 aromatic rings. The maximum atomic E-state index is 12.4. The van der Waals surface area contributed by atoms with Crippen LogP contribution in [-0.2, 0) is 17.1 Å². The Hall–Kier alpha value is -1.34. The van der Waals surface area contributed by atoms with Crippen molar-refractivity contribution in [3.05, 3.63) is 57.3 Å². The van der Waals surface area contributed by atoms with Gasteiger partial charge >= 0.3 is 0 Å². The molecule has 2 aromatic carbocycles. The monoisotopic (exact) mass is 372 g/mol. The van der Waals surface area contributed by atoms with Gasteiger partial charge in [0, 0.05) is 7.05 Å². The SMILES string of the molecule is Cn1c(=NS(=O)(=O)c2ccccc2)sc2ccc(Cl)c(Cl)c21. The maximum absolute atomic E-state index is 12.4. The van der Waals surface area contributed by atoms with Gasteiger partial charge in [-0.05, 0) is 24.3 Å². The first-order valence-electron chi connectivity index (χ1n) is 6.20. The van der Waals surface area contributed by atoms with Gasteiger partial charge in [-0.2, -0.15) is 8.42 Å². The molecule has 0 spiro atoms. The van der Waals surface area contributed by atoms with Gasteiger partial charge in [-0.3, -0.25) is 0 Å². The van der Waals surface area contributed by atoms with Gasteiger partial charge in [-0.1, -0.05) is 52.7 Å². The molecular weight excluding hydrogens is 363 g/mol. The summed E-state index contributed by atoms with van der Waals surface area (Å²) in [6.07, 6.45) is 0. The van der Waals surface area contributed by atoms with Gasteiger partial charge in [0.25, 0.3) is 10.0 Å². The zero-order valence-electron chi connectivity index (χ0n) is 11.3. The standard InChI is InChI=1S/C14H10Cl2N2O2S2/c1-18-13-11(8-7-10(15)12(13)16)21-14(18)17-22(19,20)9-5-3-2-4-6-9/h2-8H,1H3. The summed E-state index contributed by atoms with van der Waals surface area (Å²) in [4.78, 5) is 0.486. The Labute approximate surface area is 141 Å². The van der Waals surface area contributed by atoms with Crippen LogP contribution in [0.4, 0.5) is 0 Å². The molecule has 8 heteroatoms. The Morgan fingerprint density at radius 1 is 1.09 bits per heavy atom. The number of nitrogens with zero attached hydrogens (tertiary/aromatic N) is 2. The van der Waals surface area contributed by atoms with Crippen molar-refractivity contribution in [2.24, 2.45) is 11.4 Å². The number of aryl methyl sites for hydroxylation is 1. The maximum Gasteiger partial charge on any atom is 0.285 e. The molecule has 0 amide bonds. The Bertz CT molecular complexity index is 1020. The number of fused-ring (bicyclic) bond motifs is 1. The third-order valence-corrected chi connectivity index (χ3v) is 6.38. The van der Waals surface area contributed by atoms with E-state index < -0.39 is 10.0 Å². The van der Waals surface area contributed by atoms with Crippen LogP contribution in [0.5, 0.6) is 0 Å². The average molecular weight is 373 g/mol. The molecular formula is C14H10Cl2N2O2S2. The topological polar surface area (TPSA) is 51.4 Å². The molecule has 0 unspecified atom stereocenters. The van der Waals surface area contributed by atoms with E-state index in [0.29, 0.717) is 20.4 Å². The van der Waals surface area contributed by atoms with Gasteiger partial charge in [0.15, 0.2) is 0 Å². The molecule has 114 valence electrons. The fourth-order valence-electron chi connectivity index (χ4n) is 2.01. The lowest BCUT2D eigenvalue weighted by atomic mass is 10.3. The largest absolute Gasteiger partial charge is 0.318 e. The first kappa shape index (κ1) is 15.6. The molecule has 0 N–H and O–H groups in total. The molecule has 22 heavy (non-hydrogen) atoms. The van der Waals surface area contributed by atoms with E-state index in [9.17, 15) is 8.42 Å². The van der Waals surface area contributed by atoms with Crippen molar-refractivity contribution >= 4 is 54.8 Å². The van der Waals surface area contributed by atoms with Crippen molar-refractivity contribution in [1.29, 1.82) is 0 Å². The van der Waals surface area contributed by atoms with Gasteiger partial charge in [0.05, 0.1) is 25.2 Å². The van der Waals surface area contributed by atoms with Gasteiger partial charge in [-0.25, -0.2) is 0 Å². The van der Waals surface area contributed by atoms with Crippen LogP contribution >= 0.6 is 34.5 Å². The summed E-state index contributed by atoms with van der Waals surface area (Å²) in [6, 6.07) is 11.6. The van der Waals surface area contributed by atoms with E-state index in [2.05, 4.69) is 4.40 Å². The van der Waals surface area contributed by atoms with E-state index >= 15 is 0 Å². The summed E-state index contributed by atoms with van der Waals surface area (Å²) >= 11 is 13.4. The third kappa shape index (κ3) is 2.67. The molecule has 1 heterocycles. The lowest BCUT2D eigenvalue weighted by molar-refractivity contribution is 0.596. The van der Waals surface area contributed by atoms with Crippen LogP contribution in [0.25, 0.3) is 10.2 Å². The van der Waals surface area contributed by atoms with Crippen molar-refractivity contribution < 1.29 is 8.42 Å². The normalized spacial score (nSPS) is 13.0. The lowest BCUT2D eigenvalue weighted by Crippen LogP contribution is -2.13. The highest BCUT2D eigenvalue weighted by atomic mass is 35.5. The number of sulfonamides is 1. The summed E-state index contributed by atoms with van der Waals surface area (Å²) in [5.74, 6) is 0. The summed E-state index contributed by atoms with van der Waals surface area (Å²) < 4.78 is 31.1. The summed E-state index contributed by atoms with van der Waals surface area (Å²) in [5.41, 5.74) is 0.668. The number of halogens is 2. The molecule has 0 aliphatic rings. The zero-order valence-corrected chi connectivity index (χ0v) is 14.5. The Morgan fingerprint density at radius 2 is 1.77 bits per heavy atom. The minimum Gasteiger partial charge on any atom is -0.318 e. The average Bonchev–Trinajstić information content (AvgIpc) is 2.80. The smallest absolute Gasteiger partial charge is 0.285 e. The second-order valence-electron chi connectivity index (χ2n) is 4.53. The van der Waals surface area contributed by atoms with Crippen molar-refractivity contribution in [2.45, 2.75) is 4.90 Å². The summed E-state index contributed by atoms with van der Waals surface area (Å²) in [5, 5.41) is 0.802. The Morgan fingerprint density at radius 3 is 2.45 bits per heavy atom. The van der Waals surface area contributed by atoms with Crippen LogP contribution in [0.3, 0.4) is 0 Å².